The van der Waals surface area contributed by atoms with Crippen molar-refractivity contribution in [1.29, 1.82) is 0 Å². The van der Waals surface area contributed by atoms with Gasteiger partial charge in [0.25, 0.3) is 0 Å². The summed E-state index contributed by atoms with van der Waals surface area (Å²) in [5, 5.41) is 0. The Bertz CT molecular complexity index is 429. The van der Waals surface area contributed by atoms with E-state index < -0.39 is 23.9 Å². The van der Waals surface area contributed by atoms with Crippen LogP contribution in [0.4, 0.5) is 0 Å². The summed E-state index contributed by atoms with van der Waals surface area (Å²) in [6.45, 7) is 5.28. The van der Waals surface area contributed by atoms with E-state index in [-0.39, 0.29) is 24.9 Å². The molecule has 0 aromatic heterocycles. The summed E-state index contributed by atoms with van der Waals surface area (Å²) in [6.07, 6.45) is 1.64. The minimum Gasteiger partial charge on any atom is -0.466 e. The first-order valence-corrected chi connectivity index (χ1v) is 6.30. The van der Waals surface area contributed by atoms with Gasteiger partial charge in [-0.15, -0.1) is 0 Å². The van der Waals surface area contributed by atoms with Gasteiger partial charge in [-0.1, -0.05) is 20.8 Å². The molecule has 0 saturated carbocycles. The van der Waals surface area contributed by atoms with Crippen molar-refractivity contribution in [2.75, 3.05) is 13.7 Å². The van der Waals surface area contributed by atoms with Gasteiger partial charge in [0.05, 0.1) is 20.0 Å². The smallest absolute Gasteiger partial charge is 0.331 e. The van der Waals surface area contributed by atoms with Gasteiger partial charge in [0.2, 0.25) is 0 Å². The molecule has 0 heterocycles. The van der Waals surface area contributed by atoms with Gasteiger partial charge in [0, 0.05) is 12.2 Å². The summed E-state index contributed by atoms with van der Waals surface area (Å²) in [4.78, 5) is 44.5. The van der Waals surface area contributed by atoms with Crippen molar-refractivity contribution >= 4 is 23.9 Å². The van der Waals surface area contributed by atoms with Crippen LogP contribution in [0.2, 0.25) is 0 Å². The number of carbonyl (C=O) groups is 4. The largest absolute Gasteiger partial charge is 0.466 e. The molecule has 0 fully saturated rings. The molecule has 118 valence electrons. The van der Waals surface area contributed by atoms with Crippen LogP contribution in [0.5, 0.6) is 0 Å². The van der Waals surface area contributed by atoms with E-state index in [1.165, 1.54) is 7.11 Å². The number of hydrogen-bond acceptors (Lipinski definition) is 7. The standard InChI is InChI=1S/C14H20O7/c1-14(2,3)9-13(18)21-12(17)7-8-20-11(16)6-5-10(15)19-4/h5-6H,7-9H2,1-4H3/b6-5-. The van der Waals surface area contributed by atoms with E-state index in [1.54, 1.807) is 0 Å². The average Bonchev–Trinajstić information content (AvgIpc) is 2.33. The van der Waals surface area contributed by atoms with Crippen LogP contribution in [-0.4, -0.2) is 37.6 Å². The monoisotopic (exact) mass is 300 g/mol. The Hall–Kier alpha value is -2.18. The van der Waals surface area contributed by atoms with Crippen LogP contribution in [0.25, 0.3) is 0 Å². The van der Waals surface area contributed by atoms with Crippen LogP contribution in [0.15, 0.2) is 12.2 Å². The third-order valence-electron chi connectivity index (χ3n) is 2.01. The SMILES string of the molecule is COC(=O)/C=C\C(=O)OCCC(=O)OC(=O)CC(C)(C)C. The Balaban J connectivity index is 3.95. The fourth-order valence-corrected chi connectivity index (χ4v) is 1.13. The molecule has 0 aromatic rings. The van der Waals surface area contributed by atoms with Crippen molar-refractivity contribution < 1.29 is 33.4 Å². The summed E-state index contributed by atoms with van der Waals surface area (Å²) in [6, 6.07) is 0. The van der Waals surface area contributed by atoms with E-state index in [0.29, 0.717) is 0 Å². The normalized spacial score (nSPS) is 11.0. The predicted octanol–water partition coefficient (Wildman–Crippen LogP) is 1.15. The maximum Gasteiger partial charge on any atom is 0.331 e. The average molecular weight is 300 g/mol. The Morgan fingerprint density at radius 2 is 1.52 bits per heavy atom. The second-order valence-corrected chi connectivity index (χ2v) is 5.36. The lowest BCUT2D eigenvalue weighted by molar-refractivity contribution is -0.161. The molecule has 0 amide bonds. The molecule has 0 aromatic carbocycles. The van der Waals surface area contributed by atoms with E-state index in [2.05, 4.69) is 14.2 Å². The topological polar surface area (TPSA) is 96.0 Å². The van der Waals surface area contributed by atoms with Crippen molar-refractivity contribution in [3.63, 3.8) is 0 Å². The highest BCUT2D eigenvalue weighted by atomic mass is 16.6. The molecule has 0 radical (unpaired) electrons. The van der Waals surface area contributed by atoms with Crippen molar-refractivity contribution in [2.45, 2.75) is 33.6 Å². The zero-order chi connectivity index (χ0) is 16.5. The summed E-state index contributed by atoms with van der Waals surface area (Å²) < 4.78 is 13.5. The second-order valence-electron chi connectivity index (χ2n) is 5.36. The Morgan fingerprint density at radius 1 is 0.952 bits per heavy atom. The van der Waals surface area contributed by atoms with Crippen molar-refractivity contribution in [3.05, 3.63) is 12.2 Å². The number of carbonyl (C=O) groups excluding carboxylic acids is 4. The van der Waals surface area contributed by atoms with E-state index in [9.17, 15) is 19.2 Å². The molecule has 0 aliphatic rings. The van der Waals surface area contributed by atoms with E-state index in [0.717, 1.165) is 12.2 Å². The molecule has 0 N–H and O–H groups in total. The van der Waals surface area contributed by atoms with Crippen molar-refractivity contribution in [2.24, 2.45) is 5.41 Å². The molecular weight excluding hydrogens is 280 g/mol. The molecule has 0 saturated heterocycles. The molecule has 7 heteroatoms. The minimum absolute atomic E-state index is 0.112. The lowest BCUT2D eigenvalue weighted by Gasteiger charge is -2.15. The lowest BCUT2D eigenvalue weighted by Crippen LogP contribution is -2.20. The summed E-state index contributed by atoms with van der Waals surface area (Å²) in [5.74, 6) is -2.88. The van der Waals surface area contributed by atoms with Gasteiger partial charge in [-0.25, -0.2) is 9.59 Å². The third-order valence-corrected chi connectivity index (χ3v) is 2.01. The van der Waals surface area contributed by atoms with E-state index in [1.807, 2.05) is 20.8 Å². The Labute approximate surface area is 123 Å². The zero-order valence-electron chi connectivity index (χ0n) is 12.6. The van der Waals surface area contributed by atoms with Crippen LogP contribution in [0, 0.1) is 5.41 Å². The first-order chi connectivity index (χ1) is 9.64. The molecule has 0 unspecified atom stereocenters. The van der Waals surface area contributed by atoms with Gasteiger partial charge in [-0.05, 0) is 5.41 Å². The molecule has 0 rings (SSSR count). The van der Waals surface area contributed by atoms with E-state index in [4.69, 9.17) is 0 Å². The number of methoxy groups -OCH3 is 1. The molecule has 0 bridgehead atoms. The molecular formula is C14H20O7. The number of rotatable bonds is 6. The molecule has 7 nitrogen and oxygen atoms in total. The summed E-state index contributed by atoms with van der Waals surface area (Å²) in [5.41, 5.74) is -0.275. The first-order valence-electron chi connectivity index (χ1n) is 6.30. The number of ether oxygens (including phenoxy) is 3. The van der Waals surface area contributed by atoms with Crippen LogP contribution in [0.1, 0.15) is 33.6 Å². The molecule has 0 spiro atoms. The van der Waals surface area contributed by atoms with Gasteiger partial charge >= 0.3 is 23.9 Å². The minimum atomic E-state index is -0.797. The van der Waals surface area contributed by atoms with Crippen molar-refractivity contribution in [1.82, 2.24) is 0 Å². The highest BCUT2D eigenvalue weighted by molar-refractivity contribution is 5.91. The quantitative estimate of drug-likeness (QED) is 0.314. The van der Waals surface area contributed by atoms with Crippen LogP contribution in [0.3, 0.4) is 0 Å². The predicted molar refractivity (Wildman–Crippen MR) is 71.9 cm³/mol. The number of hydrogen-bond donors (Lipinski definition) is 0. The van der Waals surface area contributed by atoms with Gasteiger partial charge in [0.15, 0.2) is 0 Å². The lowest BCUT2D eigenvalue weighted by atomic mass is 9.92. The van der Waals surface area contributed by atoms with E-state index >= 15 is 0 Å². The molecule has 21 heavy (non-hydrogen) atoms. The summed E-state index contributed by atoms with van der Waals surface area (Å²) >= 11 is 0. The van der Waals surface area contributed by atoms with Gasteiger partial charge in [-0.3, -0.25) is 9.59 Å². The fraction of sp³-hybridized carbons (Fsp3) is 0.571. The van der Waals surface area contributed by atoms with Gasteiger partial charge in [-0.2, -0.15) is 0 Å². The van der Waals surface area contributed by atoms with Gasteiger partial charge < -0.3 is 14.2 Å². The molecule has 0 atom stereocenters. The molecule has 0 aliphatic carbocycles. The Morgan fingerprint density at radius 3 is 2.05 bits per heavy atom. The Kier molecular flexibility index (Phi) is 7.96. The maximum absolute atomic E-state index is 11.4. The molecule has 0 aliphatic heterocycles. The van der Waals surface area contributed by atoms with Crippen LogP contribution in [-0.2, 0) is 33.4 Å². The van der Waals surface area contributed by atoms with Gasteiger partial charge in [0.1, 0.15) is 6.61 Å². The zero-order valence-corrected chi connectivity index (χ0v) is 12.6. The van der Waals surface area contributed by atoms with Crippen molar-refractivity contribution in [3.8, 4) is 0 Å². The third kappa shape index (κ3) is 11.4. The van der Waals surface area contributed by atoms with Crippen LogP contribution < -0.4 is 0 Å². The van der Waals surface area contributed by atoms with Crippen LogP contribution >= 0.6 is 0 Å². The highest BCUT2D eigenvalue weighted by Crippen LogP contribution is 2.18. The maximum atomic E-state index is 11.4. The fourth-order valence-electron chi connectivity index (χ4n) is 1.13. The summed E-state index contributed by atoms with van der Waals surface area (Å²) in [7, 11) is 1.17. The first kappa shape index (κ1) is 18.8. The number of esters is 4. The highest BCUT2D eigenvalue weighted by Gasteiger charge is 2.19. The second kappa shape index (κ2) is 8.89.